The molecule has 0 aromatic heterocycles. The third kappa shape index (κ3) is 8.21. The molecule has 0 spiro atoms. The fourth-order valence-electron chi connectivity index (χ4n) is 1.88. The molecule has 1 amide bonds. The van der Waals surface area contributed by atoms with Crippen LogP contribution in [0.3, 0.4) is 0 Å². The van der Waals surface area contributed by atoms with E-state index < -0.39 is 17.7 Å². The van der Waals surface area contributed by atoms with Crippen LogP contribution in [0.1, 0.15) is 33.1 Å². The van der Waals surface area contributed by atoms with Crippen LogP contribution in [0.4, 0.5) is 8.78 Å². The number of halogens is 4. The van der Waals surface area contributed by atoms with E-state index in [0.29, 0.717) is 30.1 Å². The van der Waals surface area contributed by atoms with Gasteiger partial charge in [-0.25, -0.2) is 0 Å². The van der Waals surface area contributed by atoms with Gasteiger partial charge in [-0.3, -0.25) is 10.1 Å². The van der Waals surface area contributed by atoms with Gasteiger partial charge in [-0.15, -0.1) is 32.0 Å². The second-order valence-corrected chi connectivity index (χ2v) is 6.19. The largest absolute Gasteiger partial charge is 0.479 e. The summed E-state index contributed by atoms with van der Waals surface area (Å²) in [5.74, 6) is -0.491. The van der Waals surface area contributed by atoms with Gasteiger partial charge in [0.25, 0.3) is 0 Å². The van der Waals surface area contributed by atoms with E-state index in [0.717, 1.165) is 12.8 Å². The summed E-state index contributed by atoms with van der Waals surface area (Å²) < 4.78 is 27.8. The summed E-state index contributed by atoms with van der Waals surface area (Å²) in [6.07, 6.45) is 2.87. The molecule has 0 radical (unpaired) electrons. The molecule has 0 heterocycles. The number of rotatable bonds is 12. The zero-order valence-corrected chi connectivity index (χ0v) is 15.6. The molecule has 0 aromatic rings. The quantitative estimate of drug-likeness (QED) is 0.103. The van der Waals surface area contributed by atoms with Crippen molar-refractivity contribution in [3.63, 3.8) is 0 Å². The van der Waals surface area contributed by atoms with Crippen LogP contribution in [-0.2, 0) is 4.79 Å². The zero-order chi connectivity index (χ0) is 18.8. The topological polar surface area (TPSA) is 80.0 Å². The molecule has 0 aliphatic heterocycles. The van der Waals surface area contributed by atoms with Crippen molar-refractivity contribution in [2.24, 2.45) is 0 Å². The highest BCUT2D eigenvalue weighted by Crippen LogP contribution is 2.13. The molecule has 4 N–H and O–H groups in total. The van der Waals surface area contributed by atoms with Gasteiger partial charge in [-0.2, -0.15) is 5.43 Å². The standard InChI is InChI=1S/C14H25Cl2F2N5O/c1-4-10(16)5-6-11(7-15)21-9-22-23(14(2,17)18)12(8-19)13(24)20-3/h8,10-11,21H,4-7,9H2,1-3H3,(H2-,19,20,22,24)/p+1. The highest BCUT2D eigenvalue weighted by Gasteiger charge is 2.41. The van der Waals surface area contributed by atoms with Crippen molar-refractivity contribution in [2.45, 2.75) is 50.6 Å². The monoisotopic (exact) mass is 388 g/mol. The lowest BCUT2D eigenvalue weighted by Gasteiger charge is -2.18. The van der Waals surface area contributed by atoms with Gasteiger partial charge in [0.05, 0.1) is 13.1 Å². The Morgan fingerprint density at radius 3 is 2.46 bits per heavy atom. The maximum absolute atomic E-state index is 13.7. The molecule has 0 saturated carbocycles. The minimum atomic E-state index is -3.37. The Hall–Kier alpha value is -0.990. The van der Waals surface area contributed by atoms with E-state index in [1.54, 1.807) is 0 Å². The molecule has 0 aromatic carbocycles. The molecular formula is C14H26Cl2F2N5O+. The molecule has 6 nitrogen and oxygen atoms in total. The number of hydrazone groups is 1. The molecule has 140 valence electrons. The normalized spacial score (nSPS) is 15.3. The van der Waals surface area contributed by atoms with E-state index >= 15 is 0 Å². The minimum absolute atomic E-state index is 0.0474. The SMILES string of the molecule is CCC(Cl)CCC(CCl)NCN[N+](=C(C=N)C(=O)NC)C(C)(F)F. The van der Waals surface area contributed by atoms with Gasteiger partial charge in [0.2, 0.25) is 0 Å². The lowest BCUT2D eigenvalue weighted by Crippen LogP contribution is -2.53. The summed E-state index contributed by atoms with van der Waals surface area (Å²) in [6.45, 7) is 2.57. The van der Waals surface area contributed by atoms with Crippen molar-refractivity contribution < 1.29 is 18.3 Å². The first-order chi connectivity index (χ1) is 11.2. The first-order valence-corrected chi connectivity index (χ1v) is 8.62. The maximum atomic E-state index is 13.7. The van der Waals surface area contributed by atoms with Crippen LogP contribution in [-0.4, -0.2) is 59.6 Å². The van der Waals surface area contributed by atoms with Crippen LogP contribution >= 0.6 is 23.2 Å². The Bertz CT molecular complexity index is 443. The van der Waals surface area contributed by atoms with Gasteiger partial charge in [-0.1, -0.05) is 6.92 Å². The average molecular weight is 389 g/mol. The summed E-state index contributed by atoms with van der Waals surface area (Å²) in [5.41, 5.74) is 1.92. The lowest BCUT2D eigenvalue weighted by atomic mass is 10.1. The number of hydrogen-bond donors (Lipinski definition) is 4. The van der Waals surface area contributed by atoms with Gasteiger partial charge in [0.15, 0.2) is 0 Å². The van der Waals surface area contributed by atoms with Crippen molar-refractivity contribution in [1.82, 2.24) is 16.1 Å². The van der Waals surface area contributed by atoms with Crippen molar-refractivity contribution in [3.8, 4) is 0 Å². The summed E-state index contributed by atoms with van der Waals surface area (Å²) in [7, 11) is 1.30. The maximum Gasteiger partial charge on any atom is 0.479 e. The molecule has 0 rings (SSSR count). The molecule has 0 bridgehead atoms. The van der Waals surface area contributed by atoms with Gasteiger partial charge >= 0.3 is 17.7 Å². The van der Waals surface area contributed by atoms with Crippen molar-refractivity contribution in [3.05, 3.63) is 0 Å². The van der Waals surface area contributed by atoms with E-state index in [1.807, 2.05) is 6.92 Å². The number of carbonyl (C=O) groups excluding carboxylic acids is 1. The molecule has 10 heteroatoms. The Kier molecular flexibility index (Phi) is 11.1. The zero-order valence-electron chi connectivity index (χ0n) is 14.1. The number of hydrazine groups is 1. The van der Waals surface area contributed by atoms with E-state index in [2.05, 4.69) is 16.1 Å². The van der Waals surface area contributed by atoms with Crippen LogP contribution in [0.2, 0.25) is 0 Å². The molecular weight excluding hydrogens is 363 g/mol. The first-order valence-electron chi connectivity index (χ1n) is 7.65. The van der Waals surface area contributed by atoms with Crippen LogP contribution in [0, 0.1) is 5.41 Å². The van der Waals surface area contributed by atoms with Crippen molar-refractivity contribution in [2.75, 3.05) is 19.6 Å². The predicted octanol–water partition coefficient (Wildman–Crippen LogP) is 1.90. The molecule has 0 fully saturated rings. The van der Waals surface area contributed by atoms with Crippen molar-refractivity contribution >= 4 is 41.0 Å². The highest BCUT2D eigenvalue weighted by atomic mass is 35.5. The van der Waals surface area contributed by atoms with Crippen LogP contribution in [0.5, 0.6) is 0 Å². The van der Waals surface area contributed by atoms with E-state index in [4.69, 9.17) is 28.6 Å². The van der Waals surface area contributed by atoms with Gasteiger partial charge < -0.3 is 10.7 Å². The predicted molar refractivity (Wildman–Crippen MR) is 93.6 cm³/mol. The lowest BCUT2D eigenvalue weighted by molar-refractivity contribution is -0.713. The first kappa shape index (κ1) is 23.0. The molecule has 0 aliphatic rings. The third-order valence-corrected chi connectivity index (χ3v) is 4.21. The minimum Gasteiger partial charge on any atom is -0.350 e. The summed E-state index contributed by atoms with van der Waals surface area (Å²) in [4.78, 5) is 11.6. The third-order valence-electron chi connectivity index (χ3n) is 3.32. The molecule has 2 atom stereocenters. The fourth-order valence-corrected chi connectivity index (χ4v) is 2.27. The molecule has 2 unspecified atom stereocenters. The number of alkyl halides is 4. The van der Waals surface area contributed by atoms with Crippen molar-refractivity contribution in [1.29, 1.82) is 5.41 Å². The van der Waals surface area contributed by atoms with Gasteiger partial charge in [-0.05, 0) is 23.9 Å². The van der Waals surface area contributed by atoms with E-state index in [9.17, 15) is 13.6 Å². The second-order valence-electron chi connectivity index (χ2n) is 5.26. The Morgan fingerprint density at radius 2 is 2.04 bits per heavy atom. The summed E-state index contributed by atoms with van der Waals surface area (Å²) in [6, 6.07) is -3.48. The van der Waals surface area contributed by atoms with Crippen LogP contribution < -0.4 is 16.1 Å². The Morgan fingerprint density at radius 1 is 1.42 bits per heavy atom. The van der Waals surface area contributed by atoms with E-state index in [1.165, 1.54) is 7.05 Å². The number of nitrogens with zero attached hydrogens (tertiary/aromatic N) is 1. The number of carbonyl (C=O) groups is 1. The molecule has 0 saturated heterocycles. The number of hydrogen-bond acceptors (Lipinski definition) is 4. The summed E-state index contributed by atoms with van der Waals surface area (Å²) in [5, 5.41) is 12.5. The smallest absolute Gasteiger partial charge is 0.350 e. The van der Waals surface area contributed by atoms with Gasteiger partial charge in [0, 0.05) is 24.3 Å². The summed E-state index contributed by atoms with van der Waals surface area (Å²) >= 11 is 11.9. The fraction of sp³-hybridized carbons (Fsp3) is 0.786. The Labute approximate surface area is 151 Å². The van der Waals surface area contributed by atoms with Crippen LogP contribution in [0.15, 0.2) is 0 Å². The number of amides is 1. The highest BCUT2D eigenvalue weighted by molar-refractivity contribution is 6.58. The van der Waals surface area contributed by atoms with Crippen LogP contribution in [0.25, 0.3) is 0 Å². The van der Waals surface area contributed by atoms with E-state index in [-0.39, 0.29) is 18.1 Å². The average Bonchev–Trinajstić information content (AvgIpc) is 2.54. The second kappa shape index (κ2) is 11.5. The molecule has 0 aliphatic carbocycles. The van der Waals surface area contributed by atoms with Gasteiger partial charge in [0.1, 0.15) is 6.67 Å². The Balaban J connectivity index is 4.87. The number of nitrogens with one attached hydrogen (secondary N) is 4. The molecule has 24 heavy (non-hydrogen) atoms.